The van der Waals surface area contributed by atoms with Crippen molar-refractivity contribution in [2.45, 2.75) is 12.6 Å². The van der Waals surface area contributed by atoms with Gasteiger partial charge in [0.15, 0.2) is 0 Å². The van der Waals surface area contributed by atoms with Crippen LogP contribution in [0.5, 0.6) is 0 Å². The molecule has 1 aliphatic heterocycles. The van der Waals surface area contributed by atoms with E-state index in [1.807, 2.05) is 0 Å². The molecule has 8 nitrogen and oxygen atoms in total. The molecule has 0 aromatic carbocycles. The molecule has 1 unspecified atom stereocenters. The van der Waals surface area contributed by atoms with Gasteiger partial charge in [-0.2, -0.15) is 4.99 Å². The Morgan fingerprint density at radius 2 is 2.39 bits per heavy atom. The van der Waals surface area contributed by atoms with Crippen molar-refractivity contribution in [3.8, 4) is 12.3 Å². The average Bonchev–Trinajstić information content (AvgIpc) is 2.86. The summed E-state index contributed by atoms with van der Waals surface area (Å²) in [7, 11) is 0. The van der Waals surface area contributed by atoms with Crippen molar-refractivity contribution in [2.75, 3.05) is 13.2 Å². The second kappa shape index (κ2) is 4.85. The number of aliphatic imine (C=N–C) groups is 1. The molecule has 3 N–H and O–H groups in total. The maximum atomic E-state index is 11.6. The number of carbonyl (C=O) groups is 1. The minimum atomic E-state index is -0.582. The number of aromatic nitrogens is 3. The summed E-state index contributed by atoms with van der Waals surface area (Å²) in [6.45, 7) is 0.366. The Hall–Kier alpha value is -2.40. The molecule has 1 atom stereocenters. The van der Waals surface area contributed by atoms with Crippen molar-refractivity contribution < 1.29 is 9.90 Å². The summed E-state index contributed by atoms with van der Waals surface area (Å²) in [4.78, 5) is 16.6. The van der Waals surface area contributed by atoms with Gasteiger partial charge in [0.25, 0.3) is 0 Å². The Morgan fingerprint density at radius 1 is 1.61 bits per heavy atom. The number of rotatable bonds is 4. The highest BCUT2D eigenvalue weighted by Gasteiger charge is 2.35. The molecule has 1 aromatic heterocycles. The quantitative estimate of drug-likeness (QED) is 0.646. The van der Waals surface area contributed by atoms with Crippen LogP contribution in [0.4, 0.5) is 4.79 Å². The molecule has 18 heavy (non-hydrogen) atoms. The molecule has 0 bridgehead atoms. The molecule has 2 amide bonds. The van der Waals surface area contributed by atoms with Crippen LogP contribution in [0.2, 0.25) is 0 Å². The standard InChI is InChI=1S/C10H12N6O2/c1-2-3-16-8(9(11)12-10(16)18)7-6-15(4-5-17)14-13-7/h1,6,8,17H,3-5H2,(H2,11,12,18). The van der Waals surface area contributed by atoms with E-state index < -0.39 is 12.1 Å². The molecule has 0 saturated heterocycles. The van der Waals surface area contributed by atoms with Gasteiger partial charge in [0, 0.05) is 0 Å². The summed E-state index contributed by atoms with van der Waals surface area (Å²) in [6.07, 6.45) is 6.80. The minimum Gasteiger partial charge on any atom is -0.394 e. The molecular formula is C10H12N6O2. The lowest BCUT2D eigenvalue weighted by Gasteiger charge is -2.19. The van der Waals surface area contributed by atoms with Crippen LogP contribution in [-0.4, -0.2) is 50.0 Å². The van der Waals surface area contributed by atoms with E-state index in [0.29, 0.717) is 12.2 Å². The number of nitrogens with zero attached hydrogens (tertiary/aromatic N) is 5. The van der Waals surface area contributed by atoms with Crippen LogP contribution in [0.3, 0.4) is 0 Å². The Kier molecular flexibility index (Phi) is 3.25. The lowest BCUT2D eigenvalue weighted by molar-refractivity contribution is 0.213. The van der Waals surface area contributed by atoms with Gasteiger partial charge in [0.2, 0.25) is 0 Å². The van der Waals surface area contributed by atoms with Crippen LogP contribution in [0, 0.1) is 12.3 Å². The van der Waals surface area contributed by atoms with Gasteiger partial charge < -0.3 is 10.8 Å². The second-order valence-corrected chi connectivity index (χ2v) is 3.68. The number of hydrogen-bond donors (Lipinski definition) is 2. The van der Waals surface area contributed by atoms with E-state index in [-0.39, 0.29) is 19.0 Å². The van der Waals surface area contributed by atoms with Gasteiger partial charge in [0.1, 0.15) is 17.6 Å². The Labute approximate surface area is 103 Å². The summed E-state index contributed by atoms with van der Waals surface area (Å²) in [6, 6.07) is -1.06. The number of aliphatic hydroxyl groups is 1. The summed E-state index contributed by atoms with van der Waals surface area (Å²) in [5, 5.41) is 16.5. The van der Waals surface area contributed by atoms with E-state index in [2.05, 4.69) is 21.2 Å². The maximum Gasteiger partial charge on any atom is 0.347 e. The van der Waals surface area contributed by atoms with E-state index in [4.69, 9.17) is 17.3 Å². The van der Waals surface area contributed by atoms with Gasteiger partial charge in [-0.25, -0.2) is 9.48 Å². The normalized spacial score (nSPS) is 18.9. The summed E-state index contributed by atoms with van der Waals surface area (Å²) in [5.74, 6) is 2.52. The topological polar surface area (TPSA) is 110 Å². The molecule has 2 rings (SSSR count). The van der Waals surface area contributed by atoms with Crippen molar-refractivity contribution in [3.05, 3.63) is 11.9 Å². The second-order valence-electron chi connectivity index (χ2n) is 3.68. The molecule has 1 aromatic rings. The predicted octanol–water partition coefficient (Wildman–Crippen LogP) is -1.26. The van der Waals surface area contributed by atoms with Gasteiger partial charge in [-0.1, -0.05) is 11.1 Å². The third kappa shape index (κ3) is 2.03. The van der Waals surface area contributed by atoms with Crippen LogP contribution in [-0.2, 0) is 6.54 Å². The van der Waals surface area contributed by atoms with Crippen molar-refractivity contribution in [2.24, 2.45) is 10.7 Å². The smallest absolute Gasteiger partial charge is 0.347 e. The van der Waals surface area contributed by atoms with Crippen LogP contribution < -0.4 is 5.73 Å². The van der Waals surface area contributed by atoms with E-state index >= 15 is 0 Å². The third-order valence-corrected chi connectivity index (χ3v) is 2.49. The van der Waals surface area contributed by atoms with Gasteiger partial charge >= 0.3 is 6.03 Å². The number of nitrogens with two attached hydrogens (primary N) is 1. The Balaban J connectivity index is 2.26. The molecular weight excluding hydrogens is 236 g/mol. The third-order valence-electron chi connectivity index (χ3n) is 2.49. The first-order valence-electron chi connectivity index (χ1n) is 5.26. The first-order chi connectivity index (χ1) is 8.67. The fraction of sp³-hybridized carbons (Fsp3) is 0.400. The van der Waals surface area contributed by atoms with E-state index in [1.165, 1.54) is 9.58 Å². The molecule has 8 heteroatoms. The van der Waals surface area contributed by atoms with Crippen LogP contribution in [0.1, 0.15) is 11.7 Å². The van der Waals surface area contributed by atoms with Crippen molar-refractivity contribution in [1.29, 1.82) is 0 Å². The number of aliphatic hydroxyl groups excluding tert-OH is 1. The molecule has 0 saturated carbocycles. The molecule has 0 fully saturated rings. The number of hydrogen-bond acceptors (Lipinski definition) is 5. The highest BCUT2D eigenvalue weighted by molar-refractivity contribution is 6.03. The molecule has 1 aliphatic rings. The molecule has 0 radical (unpaired) electrons. The number of terminal acetylenes is 1. The number of amides is 2. The van der Waals surface area contributed by atoms with Gasteiger partial charge in [-0.05, 0) is 0 Å². The van der Waals surface area contributed by atoms with E-state index in [9.17, 15) is 4.79 Å². The van der Waals surface area contributed by atoms with Crippen molar-refractivity contribution in [1.82, 2.24) is 19.9 Å². The largest absolute Gasteiger partial charge is 0.394 e. The van der Waals surface area contributed by atoms with Crippen LogP contribution >= 0.6 is 0 Å². The average molecular weight is 248 g/mol. The molecule has 2 heterocycles. The monoisotopic (exact) mass is 248 g/mol. The summed E-state index contributed by atoms with van der Waals surface area (Å²) >= 11 is 0. The fourth-order valence-electron chi connectivity index (χ4n) is 1.72. The zero-order valence-corrected chi connectivity index (χ0v) is 9.52. The van der Waals surface area contributed by atoms with Gasteiger partial charge in [-0.15, -0.1) is 11.5 Å². The van der Waals surface area contributed by atoms with Gasteiger partial charge in [0.05, 0.1) is 25.9 Å². The lowest BCUT2D eigenvalue weighted by atomic mass is 10.2. The minimum absolute atomic E-state index is 0.0515. The Morgan fingerprint density at radius 3 is 3.06 bits per heavy atom. The SMILES string of the molecule is C#CCN1C(=O)N=C(N)C1c1cn(CCO)nn1. The lowest BCUT2D eigenvalue weighted by Crippen LogP contribution is -2.33. The predicted molar refractivity (Wildman–Crippen MR) is 62.4 cm³/mol. The maximum absolute atomic E-state index is 11.6. The fourth-order valence-corrected chi connectivity index (χ4v) is 1.72. The summed E-state index contributed by atoms with van der Waals surface area (Å²) in [5.41, 5.74) is 6.18. The van der Waals surface area contributed by atoms with Gasteiger partial charge in [-0.3, -0.25) is 4.90 Å². The van der Waals surface area contributed by atoms with E-state index in [1.54, 1.807) is 6.20 Å². The first-order valence-corrected chi connectivity index (χ1v) is 5.26. The number of urea groups is 1. The molecule has 94 valence electrons. The van der Waals surface area contributed by atoms with Crippen molar-refractivity contribution in [3.63, 3.8) is 0 Å². The highest BCUT2D eigenvalue weighted by Crippen LogP contribution is 2.24. The zero-order valence-electron chi connectivity index (χ0n) is 9.52. The summed E-state index contributed by atoms with van der Waals surface area (Å²) < 4.78 is 1.46. The van der Waals surface area contributed by atoms with Crippen molar-refractivity contribution >= 4 is 11.9 Å². The number of amidine groups is 1. The molecule has 0 aliphatic carbocycles. The van der Waals surface area contributed by atoms with Crippen LogP contribution in [0.25, 0.3) is 0 Å². The first kappa shape index (κ1) is 12.1. The Bertz CT molecular complexity index is 529. The number of carbonyl (C=O) groups excluding carboxylic acids is 1. The van der Waals surface area contributed by atoms with E-state index in [0.717, 1.165) is 0 Å². The zero-order chi connectivity index (χ0) is 13.1. The highest BCUT2D eigenvalue weighted by atomic mass is 16.3. The van der Waals surface area contributed by atoms with Crippen LogP contribution in [0.15, 0.2) is 11.2 Å². The molecule has 0 spiro atoms.